The molecule has 0 unspecified atom stereocenters. The van der Waals surface area contributed by atoms with Gasteiger partial charge in [-0.2, -0.15) is 0 Å². The summed E-state index contributed by atoms with van der Waals surface area (Å²) in [5, 5.41) is 6.46. The third-order valence-corrected chi connectivity index (χ3v) is 3.05. The summed E-state index contributed by atoms with van der Waals surface area (Å²) in [6.45, 7) is 2.54. The minimum atomic E-state index is -0.190. The Bertz CT molecular complexity index is 402. The zero-order valence-electron chi connectivity index (χ0n) is 9.22. The van der Waals surface area contributed by atoms with Gasteiger partial charge in [-0.15, -0.1) is 0 Å². The van der Waals surface area contributed by atoms with E-state index >= 15 is 0 Å². The summed E-state index contributed by atoms with van der Waals surface area (Å²) in [5.41, 5.74) is 0.899. The Kier molecular flexibility index (Phi) is 3.06. The maximum absolute atomic E-state index is 11.5. The van der Waals surface area contributed by atoms with Crippen LogP contribution in [0, 0.1) is 0 Å². The predicted molar refractivity (Wildman–Crippen MR) is 64.6 cm³/mol. The van der Waals surface area contributed by atoms with Gasteiger partial charge in [0.25, 0.3) is 0 Å². The van der Waals surface area contributed by atoms with Gasteiger partial charge in [0.15, 0.2) is 0 Å². The van der Waals surface area contributed by atoms with E-state index in [1.54, 1.807) is 0 Å². The molecule has 1 aromatic carbocycles. The highest BCUT2D eigenvalue weighted by Gasteiger charge is 2.45. The van der Waals surface area contributed by atoms with Crippen LogP contribution in [0.3, 0.4) is 0 Å². The number of rotatable bonds is 3. The van der Waals surface area contributed by atoms with Crippen molar-refractivity contribution in [2.75, 3.05) is 6.54 Å². The fourth-order valence-corrected chi connectivity index (χ4v) is 2.01. The van der Waals surface area contributed by atoms with Crippen molar-refractivity contribution >= 4 is 17.6 Å². The van der Waals surface area contributed by atoms with Crippen LogP contribution in [0.4, 0.5) is 4.79 Å². The number of amides is 2. The molecular weight excluding hydrogens is 224 g/mol. The molecule has 0 aromatic heterocycles. The Balaban J connectivity index is 2.11. The maximum atomic E-state index is 11.5. The Hall–Kier alpha value is -1.22. The Morgan fingerprint density at radius 2 is 2.25 bits per heavy atom. The number of carbonyl (C=O) groups excluding carboxylic acids is 1. The smallest absolute Gasteiger partial charge is 0.315 e. The van der Waals surface area contributed by atoms with E-state index in [2.05, 4.69) is 10.6 Å². The van der Waals surface area contributed by atoms with Crippen LogP contribution in [0.25, 0.3) is 0 Å². The van der Waals surface area contributed by atoms with Gasteiger partial charge in [-0.25, -0.2) is 4.79 Å². The van der Waals surface area contributed by atoms with Crippen LogP contribution in [0.15, 0.2) is 24.3 Å². The lowest BCUT2D eigenvalue weighted by Gasteiger charge is -2.18. The van der Waals surface area contributed by atoms with Gasteiger partial charge in [0, 0.05) is 11.6 Å². The number of urea groups is 1. The van der Waals surface area contributed by atoms with Gasteiger partial charge >= 0.3 is 6.03 Å². The first-order valence-corrected chi connectivity index (χ1v) is 5.86. The minimum Gasteiger partial charge on any atom is -0.338 e. The van der Waals surface area contributed by atoms with Crippen molar-refractivity contribution in [3.05, 3.63) is 34.9 Å². The van der Waals surface area contributed by atoms with E-state index in [9.17, 15) is 4.79 Å². The number of halogens is 1. The molecule has 0 aliphatic heterocycles. The average Bonchev–Trinajstić information content (AvgIpc) is 2.99. The van der Waals surface area contributed by atoms with Gasteiger partial charge in [0.05, 0.1) is 5.54 Å². The molecule has 3 nitrogen and oxygen atoms in total. The molecule has 16 heavy (non-hydrogen) atoms. The van der Waals surface area contributed by atoms with Gasteiger partial charge in [-0.1, -0.05) is 23.7 Å². The monoisotopic (exact) mass is 238 g/mol. The van der Waals surface area contributed by atoms with Gasteiger partial charge in [0.2, 0.25) is 0 Å². The number of hydrogen-bond donors (Lipinski definition) is 2. The summed E-state index contributed by atoms with van der Waals surface area (Å²) in [5.74, 6) is 0. The van der Waals surface area contributed by atoms with Crippen LogP contribution in [0.2, 0.25) is 5.02 Å². The van der Waals surface area contributed by atoms with E-state index in [-0.39, 0.29) is 11.6 Å². The van der Waals surface area contributed by atoms with Crippen molar-refractivity contribution in [2.45, 2.75) is 25.3 Å². The SMILES string of the molecule is CCNC(=O)NC1(c2cccc(Cl)c2)CC1. The lowest BCUT2D eigenvalue weighted by molar-refractivity contribution is 0.236. The largest absolute Gasteiger partial charge is 0.338 e. The summed E-state index contributed by atoms with van der Waals surface area (Å²) in [7, 11) is 0. The van der Waals surface area contributed by atoms with Gasteiger partial charge in [-0.05, 0) is 37.5 Å². The fraction of sp³-hybridized carbons (Fsp3) is 0.417. The second kappa shape index (κ2) is 4.34. The molecule has 0 spiro atoms. The van der Waals surface area contributed by atoms with Crippen LogP contribution >= 0.6 is 11.6 Å². The number of carbonyl (C=O) groups is 1. The number of nitrogens with one attached hydrogen (secondary N) is 2. The molecule has 0 radical (unpaired) electrons. The highest BCUT2D eigenvalue weighted by atomic mass is 35.5. The molecule has 1 fully saturated rings. The van der Waals surface area contributed by atoms with E-state index in [0.717, 1.165) is 18.4 Å². The molecule has 2 amide bonds. The Morgan fingerprint density at radius 3 is 2.81 bits per heavy atom. The van der Waals surface area contributed by atoms with E-state index in [0.29, 0.717) is 11.6 Å². The quantitative estimate of drug-likeness (QED) is 0.835. The van der Waals surface area contributed by atoms with Gasteiger partial charge in [0.1, 0.15) is 0 Å². The van der Waals surface area contributed by atoms with Crippen molar-refractivity contribution in [2.24, 2.45) is 0 Å². The third kappa shape index (κ3) is 2.30. The summed E-state index contributed by atoms with van der Waals surface area (Å²) in [4.78, 5) is 11.5. The minimum absolute atomic E-state index is 0.111. The van der Waals surface area contributed by atoms with Crippen LogP contribution in [-0.4, -0.2) is 12.6 Å². The van der Waals surface area contributed by atoms with Crippen LogP contribution in [0.5, 0.6) is 0 Å². The van der Waals surface area contributed by atoms with Crippen molar-refractivity contribution in [1.82, 2.24) is 10.6 Å². The molecule has 0 atom stereocenters. The summed E-state index contributed by atoms with van der Waals surface area (Å²) >= 11 is 5.95. The molecule has 0 heterocycles. The molecule has 0 bridgehead atoms. The zero-order valence-corrected chi connectivity index (χ0v) is 9.97. The zero-order chi connectivity index (χ0) is 11.6. The Labute approximate surface area is 100 Å². The molecule has 2 N–H and O–H groups in total. The van der Waals surface area contributed by atoms with E-state index in [4.69, 9.17) is 11.6 Å². The standard InChI is InChI=1S/C12H15ClN2O/c1-2-14-11(16)15-12(6-7-12)9-4-3-5-10(13)8-9/h3-5,8H,2,6-7H2,1H3,(H2,14,15,16). The number of benzene rings is 1. The predicted octanol–water partition coefficient (Wildman–Crippen LogP) is 2.65. The molecule has 1 aromatic rings. The lowest BCUT2D eigenvalue weighted by Crippen LogP contribution is -2.42. The van der Waals surface area contributed by atoms with Crippen molar-refractivity contribution < 1.29 is 4.79 Å². The molecule has 4 heteroatoms. The Morgan fingerprint density at radius 1 is 1.50 bits per heavy atom. The summed E-state index contributed by atoms with van der Waals surface area (Å²) < 4.78 is 0. The highest BCUT2D eigenvalue weighted by Crippen LogP contribution is 2.45. The highest BCUT2D eigenvalue weighted by molar-refractivity contribution is 6.30. The summed E-state index contributed by atoms with van der Waals surface area (Å²) in [6, 6.07) is 7.57. The first-order chi connectivity index (χ1) is 7.66. The molecule has 1 aliphatic rings. The van der Waals surface area contributed by atoms with Gasteiger partial charge in [-0.3, -0.25) is 0 Å². The molecule has 2 rings (SSSR count). The fourth-order valence-electron chi connectivity index (χ4n) is 1.82. The van der Waals surface area contributed by atoms with Crippen LogP contribution < -0.4 is 10.6 Å². The van der Waals surface area contributed by atoms with Crippen LogP contribution in [-0.2, 0) is 5.54 Å². The molecule has 1 saturated carbocycles. The van der Waals surface area contributed by atoms with E-state index in [1.165, 1.54) is 0 Å². The average molecular weight is 239 g/mol. The molecule has 1 aliphatic carbocycles. The first kappa shape index (κ1) is 11.3. The van der Waals surface area contributed by atoms with Gasteiger partial charge < -0.3 is 10.6 Å². The normalized spacial score (nSPS) is 16.6. The van der Waals surface area contributed by atoms with Crippen molar-refractivity contribution in [1.29, 1.82) is 0 Å². The van der Waals surface area contributed by atoms with Crippen molar-refractivity contribution in [3.63, 3.8) is 0 Å². The second-order valence-corrected chi connectivity index (χ2v) is 4.51. The molecule has 0 saturated heterocycles. The molecule has 86 valence electrons. The number of hydrogen-bond acceptors (Lipinski definition) is 1. The summed E-state index contributed by atoms with van der Waals surface area (Å²) in [6.07, 6.45) is 1.95. The third-order valence-electron chi connectivity index (χ3n) is 2.82. The van der Waals surface area contributed by atoms with Crippen molar-refractivity contribution in [3.8, 4) is 0 Å². The lowest BCUT2D eigenvalue weighted by atomic mass is 10.1. The second-order valence-electron chi connectivity index (χ2n) is 4.08. The van der Waals surface area contributed by atoms with Crippen LogP contribution in [0.1, 0.15) is 25.3 Å². The molecular formula is C12H15ClN2O. The maximum Gasteiger partial charge on any atom is 0.315 e. The van der Waals surface area contributed by atoms with E-state index in [1.807, 2.05) is 31.2 Å². The first-order valence-electron chi connectivity index (χ1n) is 5.48. The topological polar surface area (TPSA) is 41.1 Å². The van der Waals surface area contributed by atoms with E-state index < -0.39 is 0 Å².